The molecule has 0 aliphatic heterocycles. The van der Waals surface area contributed by atoms with Gasteiger partial charge in [-0.15, -0.1) is 0 Å². The van der Waals surface area contributed by atoms with Gasteiger partial charge < -0.3 is 14.4 Å². The molecule has 1 aromatic carbocycles. The Kier molecular flexibility index (Phi) is 6.82. The van der Waals surface area contributed by atoms with Crippen LogP contribution in [-0.4, -0.2) is 37.9 Å². The van der Waals surface area contributed by atoms with Crippen molar-refractivity contribution in [3.05, 3.63) is 36.4 Å². The number of hydrogen-bond acceptors (Lipinski definition) is 5. The van der Waals surface area contributed by atoms with Crippen molar-refractivity contribution in [2.24, 2.45) is 0 Å². The first-order chi connectivity index (χ1) is 10.5. The van der Waals surface area contributed by atoms with Crippen LogP contribution in [0, 0.1) is 0 Å². The second kappa shape index (κ2) is 8.61. The molecule has 0 fully saturated rings. The number of Topliss-reactive ketones (excluding diaryl/α,β-unsaturated/α-hetero) is 1. The molecule has 0 radical (unpaired) electrons. The van der Waals surface area contributed by atoms with Crippen LogP contribution in [-0.2, 0) is 19.1 Å². The van der Waals surface area contributed by atoms with Crippen molar-refractivity contribution in [2.45, 2.75) is 13.8 Å². The Morgan fingerprint density at radius 2 is 1.77 bits per heavy atom. The SMILES string of the molecule is CCOC(=O)/C=C/C(=O)N(CC(C)=O)c1ccc(OC)cc1. The summed E-state index contributed by atoms with van der Waals surface area (Å²) in [5, 5.41) is 0. The highest BCUT2D eigenvalue weighted by Crippen LogP contribution is 2.19. The van der Waals surface area contributed by atoms with Gasteiger partial charge in [0.15, 0.2) is 0 Å². The molecular formula is C16H19NO5. The molecule has 22 heavy (non-hydrogen) atoms. The Labute approximate surface area is 129 Å². The molecule has 0 aromatic heterocycles. The van der Waals surface area contributed by atoms with Crippen molar-refractivity contribution in [1.29, 1.82) is 0 Å². The summed E-state index contributed by atoms with van der Waals surface area (Å²) in [6.07, 6.45) is 2.13. The van der Waals surface area contributed by atoms with E-state index in [1.54, 1.807) is 31.2 Å². The molecule has 0 heterocycles. The highest BCUT2D eigenvalue weighted by atomic mass is 16.5. The average molecular weight is 305 g/mol. The topological polar surface area (TPSA) is 72.9 Å². The maximum Gasteiger partial charge on any atom is 0.330 e. The molecule has 1 amide bonds. The number of anilines is 1. The number of hydrogen-bond donors (Lipinski definition) is 0. The Bertz CT molecular complexity index is 562. The zero-order chi connectivity index (χ0) is 16.5. The van der Waals surface area contributed by atoms with Gasteiger partial charge in [0.1, 0.15) is 11.5 Å². The summed E-state index contributed by atoms with van der Waals surface area (Å²) in [4.78, 5) is 36.1. The molecule has 0 aliphatic rings. The van der Waals surface area contributed by atoms with Gasteiger partial charge in [-0.2, -0.15) is 0 Å². The summed E-state index contributed by atoms with van der Waals surface area (Å²) in [6, 6.07) is 6.70. The van der Waals surface area contributed by atoms with Crippen LogP contribution in [0.2, 0.25) is 0 Å². The van der Waals surface area contributed by atoms with Crippen molar-refractivity contribution in [1.82, 2.24) is 0 Å². The standard InChI is InChI=1S/C16H19NO5/c1-4-22-16(20)10-9-15(19)17(11-12(2)18)13-5-7-14(21-3)8-6-13/h5-10H,4,11H2,1-3H3/b10-9+. The normalized spacial score (nSPS) is 10.3. The van der Waals surface area contributed by atoms with Gasteiger partial charge in [-0.25, -0.2) is 4.79 Å². The zero-order valence-corrected chi connectivity index (χ0v) is 12.9. The summed E-state index contributed by atoms with van der Waals surface area (Å²) in [5.41, 5.74) is 0.537. The summed E-state index contributed by atoms with van der Waals surface area (Å²) < 4.78 is 9.76. The third-order valence-corrected chi connectivity index (χ3v) is 2.68. The van der Waals surface area contributed by atoms with Crippen LogP contribution in [0.5, 0.6) is 5.75 Å². The first kappa shape index (κ1) is 17.4. The molecule has 1 rings (SSSR count). The fourth-order valence-electron chi connectivity index (χ4n) is 1.70. The van der Waals surface area contributed by atoms with E-state index in [0.717, 1.165) is 12.2 Å². The van der Waals surface area contributed by atoms with E-state index in [1.807, 2.05) is 0 Å². The number of ketones is 1. The first-order valence-corrected chi connectivity index (χ1v) is 6.77. The zero-order valence-electron chi connectivity index (χ0n) is 12.9. The molecular weight excluding hydrogens is 286 g/mol. The van der Waals surface area contributed by atoms with Crippen LogP contribution in [0.25, 0.3) is 0 Å². The van der Waals surface area contributed by atoms with Gasteiger partial charge in [0.2, 0.25) is 0 Å². The quantitative estimate of drug-likeness (QED) is 0.566. The number of carbonyl (C=O) groups is 3. The molecule has 0 aliphatic carbocycles. The lowest BCUT2D eigenvalue weighted by Gasteiger charge is -2.20. The molecule has 0 saturated carbocycles. The second-order valence-corrected chi connectivity index (χ2v) is 4.41. The minimum absolute atomic E-state index is 0.0850. The number of methoxy groups -OCH3 is 1. The Balaban J connectivity index is 2.93. The van der Waals surface area contributed by atoms with Crippen LogP contribution in [0.1, 0.15) is 13.8 Å². The molecule has 6 nitrogen and oxygen atoms in total. The lowest BCUT2D eigenvalue weighted by atomic mass is 10.2. The number of ether oxygens (including phenoxy) is 2. The summed E-state index contributed by atoms with van der Waals surface area (Å²) >= 11 is 0. The van der Waals surface area contributed by atoms with Crippen LogP contribution in [0.3, 0.4) is 0 Å². The summed E-state index contributed by atoms with van der Waals surface area (Å²) in [6.45, 7) is 3.21. The third-order valence-electron chi connectivity index (χ3n) is 2.68. The smallest absolute Gasteiger partial charge is 0.330 e. The monoisotopic (exact) mass is 305 g/mol. The second-order valence-electron chi connectivity index (χ2n) is 4.41. The number of amides is 1. The fourth-order valence-corrected chi connectivity index (χ4v) is 1.70. The van der Waals surface area contributed by atoms with E-state index in [9.17, 15) is 14.4 Å². The minimum atomic E-state index is -0.603. The van der Waals surface area contributed by atoms with Crippen LogP contribution >= 0.6 is 0 Å². The van der Waals surface area contributed by atoms with Crippen LogP contribution in [0.15, 0.2) is 36.4 Å². The van der Waals surface area contributed by atoms with Crippen molar-refractivity contribution in [3.8, 4) is 5.75 Å². The molecule has 6 heteroatoms. The number of carbonyl (C=O) groups excluding carboxylic acids is 3. The summed E-state index contributed by atoms with van der Waals surface area (Å²) in [5.74, 6) is -0.614. The predicted molar refractivity (Wildman–Crippen MR) is 81.8 cm³/mol. The van der Waals surface area contributed by atoms with E-state index in [-0.39, 0.29) is 18.9 Å². The Morgan fingerprint density at radius 1 is 1.14 bits per heavy atom. The van der Waals surface area contributed by atoms with Crippen LogP contribution < -0.4 is 9.64 Å². The van der Waals surface area contributed by atoms with E-state index in [2.05, 4.69) is 0 Å². The number of rotatable bonds is 7. The van der Waals surface area contributed by atoms with Crippen molar-refractivity contribution < 1.29 is 23.9 Å². The number of esters is 1. The lowest BCUT2D eigenvalue weighted by molar-refractivity contribution is -0.137. The molecule has 0 saturated heterocycles. The predicted octanol–water partition coefficient (Wildman–Crippen LogP) is 1.74. The maximum absolute atomic E-state index is 12.2. The number of benzene rings is 1. The fraction of sp³-hybridized carbons (Fsp3) is 0.312. The molecule has 0 bridgehead atoms. The largest absolute Gasteiger partial charge is 0.497 e. The van der Waals surface area contributed by atoms with E-state index >= 15 is 0 Å². The van der Waals surface area contributed by atoms with Gasteiger partial charge in [0, 0.05) is 17.8 Å². The van der Waals surface area contributed by atoms with Crippen molar-refractivity contribution >= 4 is 23.3 Å². The number of nitrogens with zero attached hydrogens (tertiary/aromatic N) is 1. The molecule has 0 unspecified atom stereocenters. The van der Waals surface area contributed by atoms with Gasteiger partial charge in [-0.3, -0.25) is 9.59 Å². The van der Waals surface area contributed by atoms with Crippen molar-refractivity contribution in [2.75, 3.05) is 25.2 Å². The molecule has 0 atom stereocenters. The molecule has 0 N–H and O–H groups in total. The highest BCUT2D eigenvalue weighted by molar-refractivity contribution is 6.06. The van der Waals surface area contributed by atoms with Crippen LogP contribution in [0.4, 0.5) is 5.69 Å². The van der Waals surface area contributed by atoms with E-state index in [1.165, 1.54) is 18.9 Å². The first-order valence-electron chi connectivity index (χ1n) is 6.77. The van der Waals surface area contributed by atoms with E-state index in [0.29, 0.717) is 11.4 Å². The Hall–Kier alpha value is -2.63. The van der Waals surface area contributed by atoms with E-state index < -0.39 is 11.9 Å². The van der Waals surface area contributed by atoms with Gasteiger partial charge in [0.05, 0.1) is 20.3 Å². The molecule has 1 aromatic rings. The molecule has 0 spiro atoms. The third kappa shape index (κ3) is 5.40. The minimum Gasteiger partial charge on any atom is -0.497 e. The van der Waals surface area contributed by atoms with Gasteiger partial charge in [0.25, 0.3) is 5.91 Å². The maximum atomic E-state index is 12.2. The van der Waals surface area contributed by atoms with Crippen molar-refractivity contribution in [3.63, 3.8) is 0 Å². The Morgan fingerprint density at radius 3 is 2.27 bits per heavy atom. The van der Waals surface area contributed by atoms with Gasteiger partial charge >= 0.3 is 5.97 Å². The summed E-state index contributed by atoms with van der Waals surface area (Å²) in [7, 11) is 1.54. The lowest BCUT2D eigenvalue weighted by Crippen LogP contribution is -2.33. The van der Waals surface area contributed by atoms with Gasteiger partial charge in [-0.05, 0) is 38.1 Å². The highest BCUT2D eigenvalue weighted by Gasteiger charge is 2.15. The molecule has 118 valence electrons. The van der Waals surface area contributed by atoms with E-state index in [4.69, 9.17) is 9.47 Å². The average Bonchev–Trinajstić information content (AvgIpc) is 2.50. The van der Waals surface area contributed by atoms with Gasteiger partial charge in [-0.1, -0.05) is 0 Å².